The van der Waals surface area contributed by atoms with E-state index in [1.54, 1.807) is 49.6 Å². The second kappa shape index (κ2) is 9.91. The van der Waals surface area contributed by atoms with Gasteiger partial charge in [-0.1, -0.05) is 0 Å². The van der Waals surface area contributed by atoms with Gasteiger partial charge in [-0.2, -0.15) is 0 Å². The van der Waals surface area contributed by atoms with E-state index in [1.807, 2.05) is 0 Å². The smallest absolute Gasteiger partial charge is 0.319 e. The number of carbonyl (C=O) groups excluding carboxylic acids is 2. The lowest BCUT2D eigenvalue weighted by molar-refractivity contribution is 0.0954. The number of hydrogen-bond acceptors (Lipinski definition) is 5. The first-order chi connectivity index (χ1) is 13.1. The van der Waals surface area contributed by atoms with Gasteiger partial charge in [-0.3, -0.25) is 4.79 Å². The van der Waals surface area contributed by atoms with Crippen molar-refractivity contribution in [2.24, 2.45) is 0 Å². The van der Waals surface area contributed by atoms with Gasteiger partial charge in [0.25, 0.3) is 5.91 Å². The third-order valence-electron chi connectivity index (χ3n) is 3.70. The van der Waals surface area contributed by atoms with Crippen LogP contribution in [0.15, 0.2) is 42.5 Å². The Kier molecular flexibility index (Phi) is 7.30. The van der Waals surface area contributed by atoms with Gasteiger partial charge in [-0.15, -0.1) is 0 Å². The summed E-state index contributed by atoms with van der Waals surface area (Å²) < 4.78 is 15.4. The van der Waals surface area contributed by atoms with Gasteiger partial charge < -0.3 is 30.2 Å². The zero-order valence-electron chi connectivity index (χ0n) is 15.5. The Morgan fingerprint density at radius 3 is 2.07 bits per heavy atom. The van der Waals surface area contributed by atoms with E-state index in [-0.39, 0.29) is 19.0 Å². The van der Waals surface area contributed by atoms with Gasteiger partial charge in [-0.05, 0) is 36.4 Å². The van der Waals surface area contributed by atoms with Crippen LogP contribution in [0.1, 0.15) is 10.4 Å². The van der Waals surface area contributed by atoms with Crippen LogP contribution in [0, 0.1) is 0 Å². The number of anilines is 1. The Bertz CT molecular complexity index is 777. The molecule has 0 bridgehead atoms. The van der Waals surface area contributed by atoms with Crippen molar-refractivity contribution < 1.29 is 23.8 Å². The molecule has 0 fully saturated rings. The van der Waals surface area contributed by atoms with Gasteiger partial charge in [0, 0.05) is 24.7 Å². The molecule has 0 aliphatic carbocycles. The van der Waals surface area contributed by atoms with E-state index in [4.69, 9.17) is 14.2 Å². The number of ether oxygens (including phenoxy) is 3. The third-order valence-corrected chi connectivity index (χ3v) is 3.70. The summed E-state index contributed by atoms with van der Waals surface area (Å²) in [6.45, 7) is 0.549. The number of hydrogen-bond donors (Lipinski definition) is 3. The minimum absolute atomic E-state index is 0.227. The van der Waals surface area contributed by atoms with Crippen molar-refractivity contribution in [3.8, 4) is 17.2 Å². The fourth-order valence-electron chi connectivity index (χ4n) is 2.27. The molecular formula is C19H23N3O5. The Morgan fingerprint density at radius 1 is 0.815 bits per heavy atom. The van der Waals surface area contributed by atoms with Crippen molar-refractivity contribution in [2.75, 3.05) is 39.7 Å². The van der Waals surface area contributed by atoms with Gasteiger partial charge in [0.1, 0.15) is 17.2 Å². The maximum Gasteiger partial charge on any atom is 0.319 e. The lowest BCUT2D eigenvalue weighted by Gasteiger charge is -2.12. The number of rotatable bonds is 8. The van der Waals surface area contributed by atoms with Gasteiger partial charge in [0.05, 0.1) is 27.0 Å². The van der Waals surface area contributed by atoms with Gasteiger partial charge in [0.15, 0.2) is 0 Å². The number of carbonyl (C=O) groups is 2. The predicted octanol–water partition coefficient (Wildman–Crippen LogP) is 2.26. The van der Waals surface area contributed by atoms with Crippen LogP contribution >= 0.6 is 0 Å². The van der Waals surface area contributed by atoms with Crippen LogP contribution in [0.25, 0.3) is 0 Å². The van der Waals surface area contributed by atoms with Crippen LogP contribution in [0.3, 0.4) is 0 Å². The number of amides is 3. The van der Waals surface area contributed by atoms with Crippen LogP contribution in [0.2, 0.25) is 0 Å². The minimum atomic E-state index is -0.416. The number of methoxy groups -OCH3 is 3. The monoisotopic (exact) mass is 373 g/mol. The molecule has 8 heteroatoms. The van der Waals surface area contributed by atoms with E-state index in [1.165, 1.54) is 14.2 Å². The molecule has 8 nitrogen and oxygen atoms in total. The largest absolute Gasteiger partial charge is 0.497 e. The summed E-state index contributed by atoms with van der Waals surface area (Å²) in [6, 6.07) is 11.4. The molecule has 3 amide bonds. The van der Waals surface area contributed by atoms with Gasteiger partial charge in [0.2, 0.25) is 0 Å². The summed E-state index contributed by atoms with van der Waals surface area (Å²) >= 11 is 0. The van der Waals surface area contributed by atoms with E-state index in [0.717, 1.165) is 0 Å². The van der Waals surface area contributed by atoms with Crippen LogP contribution in [-0.4, -0.2) is 46.4 Å². The van der Waals surface area contributed by atoms with E-state index in [2.05, 4.69) is 16.0 Å². The SMILES string of the molecule is COc1ccc(C(=O)NCCNC(=O)Nc2cc(OC)ccc2OC)cc1. The molecule has 2 rings (SSSR count). The first-order valence-electron chi connectivity index (χ1n) is 8.26. The Labute approximate surface area is 157 Å². The van der Waals surface area contributed by atoms with Crippen LogP contribution in [0.5, 0.6) is 17.2 Å². The third kappa shape index (κ3) is 5.81. The molecule has 0 saturated carbocycles. The highest BCUT2D eigenvalue weighted by Gasteiger charge is 2.09. The lowest BCUT2D eigenvalue weighted by Crippen LogP contribution is -2.36. The molecule has 0 aromatic heterocycles. The maximum absolute atomic E-state index is 12.0. The highest BCUT2D eigenvalue weighted by molar-refractivity contribution is 5.94. The van der Waals surface area contributed by atoms with Crippen molar-refractivity contribution in [2.45, 2.75) is 0 Å². The second-order valence-corrected chi connectivity index (χ2v) is 5.43. The molecule has 2 aromatic rings. The minimum Gasteiger partial charge on any atom is -0.497 e. The number of urea groups is 1. The highest BCUT2D eigenvalue weighted by Crippen LogP contribution is 2.28. The van der Waals surface area contributed by atoms with Crippen molar-refractivity contribution in [1.82, 2.24) is 10.6 Å². The second-order valence-electron chi connectivity index (χ2n) is 5.43. The topological polar surface area (TPSA) is 97.9 Å². The Morgan fingerprint density at radius 2 is 1.44 bits per heavy atom. The van der Waals surface area contributed by atoms with Crippen LogP contribution in [0.4, 0.5) is 10.5 Å². The van der Waals surface area contributed by atoms with Gasteiger partial charge in [-0.25, -0.2) is 4.79 Å². The summed E-state index contributed by atoms with van der Waals surface area (Å²) in [6.07, 6.45) is 0. The molecular weight excluding hydrogens is 350 g/mol. The van der Waals surface area contributed by atoms with Crippen molar-refractivity contribution in [3.05, 3.63) is 48.0 Å². The van der Waals surface area contributed by atoms with E-state index < -0.39 is 6.03 Å². The van der Waals surface area contributed by atoms with Crippen LogP contribution in [-0.2, 0) is 0 Å². The lowest BCUT2D eigenvalue weighted by atomic mass is 10.2. The molecule has 0 unspecified atom stereocenters. The van der Waals surface area contributed by atoms with Gasteiger partial charge >= 0.3 is 6.03 Å². The van der Waals surface area contributed by atoms with E-state index in [0.29, 0.717) is 28.5 Å². The summed E-state index contributed by atoms with van der Waals surface area (Å²) in [5.74, 6) is 1.56. The molecule has 3 N–H and O–H groups in total. The molecule has 0 radical (unpaired) electrons. The average molecular weight is 373 g/mol. The molecule has 0 aliphatic heterocycles. The summed E-state index contributed by atoms with van der Waals surface area (Å²) in [5, 5.41) is 8.08. The molecule has 144 valence electrons. The zero-order chi connectivity index (χ0) is 19.6. The quantitative estimate of drug-likeness (QED) is 0.617. The van der Waals surface area contributed by atoms with Crippen LogP contribution < -0.4 is 30.2 Å². The highest BCUT2D eigenvalue weighted by atomic mass is 16.5. The summed E-state index contributed by atoms with van der Waals surface area (Å²) in [4.78, 5) is 24.0. The molecule has 2 aromatic carbocycles. The fraction of sp³-hybridized carbons (Fsp3) is 0.263. The fourth-order valence-corrected chi connectivity index (χ4v) is 2.27. The zero-order valence-corrected chi connectivity index (χ0v) is 15.5. The van der Waals surface area contributed by atoms with Crippen molar-refractivity contribution in [1.29, 1.82) is 0 Å². The Balaban J connectivity index is 1.78. The van der Waals surface area contributed by atoms with Crippen molar-refractivity contribution >= 4 is 17.6 Å². The van der Waals surface area contributed by atoms with E-state index in [9.17, 15) is 9.59 Å². The predicted molar refractivity (Wildman–Crippen MR) is 102 cm³/mol. The summed E-state index contributed by atoms with van der Waals surface area (Å²) in [7, 11) is 4.61. The Hall–Kier alpha value is -3.42. The number of nitrogens with one attached hydrogen (secondary N) is 3. The van der Waals surface area contributed by atoms with E-state index >= 15 is 0 Å². The normalized spacial score (nSPS) is 9.89. The maximum atomic E-state index is 12.0. The molecule has 27 heavy (non-hydrogen) atoms. The molecule has 0 spiro atoms. The molecule has 0 atom stereocenters. The average Bonchev–Trinajstić information content (AvgIpc) is 2.71. The number of benzene rings is 2. The van der Waals surface area contributed by atoms with Crippen molar-refractivity contribution in [3.63, 3.8) is 0 Å². The molecule has 0 aliphatic rings. The first kappa shape index (κ1) is 19.9. The standard InChI is InChI=1S/C19H23N3O5/c1-25-14-6-4-13(5-7-14)18(23)20-10-11-21-19(24)22-16-12-15(26-2)8-9-17(16)27-3/h4-9,12H,10-11H2,1-3H3,(H,20,23)(H2,21,22,24). The molecule has 0 saturated heterocycles. The summed E-state index contributed by atoms with van der Waals surface area (Å²) in [5.41, 5.74) is 0.998. The molecule has 0 heterocycles. The first-order valence-corrected chi connectivity index (χ1v) is 8.26.